The number of nitrogens with zero attached hydrogens (tertiary/aromatic N) is 4. The first-order valence-corrected chi connectivity index (χ1v) is 12.7. The largest absolute Gasteiger partial charge is 0.493 e. The molecule has 2 aliphatic rings. The summed E-state index contributed by atoms with van der Waals surface area (Å²) >= 11 is 15.9. The van der Waals surface area contributed by atoms with Gasteiger partial charge in [0.15, 0.2) is 5.65 Å². The number of ether oxygens (including phenoxy) is 1. The van der Waals surface area contributed by atoms with Crippen molar-refractivity contribution in [2.75, 3.05) is 19.7 Å². The number of halogens is 3. The lowest BCUT2D eigenvalue weighted by Gasteiger charge is -2.41. The molecule has 1 saturated carbocycles. The van der Waals surface area contributed by atoms with Crippen LogP contribution < -0.4 is 4.74 Å². The molecule has 0 radical (unpaired) electrons. The topological polar surface area (TPSA) is 42.7 Å². The van der Waals surface area contributed by atoms with E-state index in [1.54, 1.807) is 6.07 Å². The average Bonchev–Trinajstić information content (AvgIpc) is 3.55. The number of aromatic nitrogens is 3. The minimum atomic E-state index is 0.142. The van der Waals surface area contributed by atoms with Crippen LogP contribution in [-0.4, -0.2) is 39.2 Å². The smallest absolute Gasteiger partial charge is 0.204 e. The van der Waals surface area contributed by atoms with Crippen molar-refractivity contribution in [3.8, 4) is 5.75 Å². The molecule has 3 heterocycles. The predicted molar refractivity (Wildman–Crippen MR) is 132 cm³/mol. The molecule has 1 aromatic carbocycles. The maximum Gasteiger partial charge on any atom is 0.204 e. The van der Waals surface area contributed by atoms with E-state index in [9.17, 15) is 0 Å². The van der Waals surface area contributed by atoms with Crippen LogP contribution >= 0.6 is 39.1 Å². The van der Waals surface area contributed by atoms with Crippen molar-refractivity contribution in [3.05, 3.63) is 56.4 Å². The molecule has 2 fully saturated rings. The van der Waals surface area contributed by atoms with E-state index in [1.165, 1.54) is 24.0 Å². The van der Waals surface area contributed by atoms with Crippen LogP contribution in [0.15, 0.2) is 35.2 Å². The van der Waals surface area contributed by atoms with Crippen LogP contribution in [0.2, 0.25) is 10.0 Å². The maximum absolute atomic E-state index is 6.46. The summed E-state index contributed by atoms with van der Waals surface area (Å²) in [4.78, 5) is 2.51. The molecule has 0 spiro atoms. The summed E-state index contributed by atoms with van der Waals surface area (Å²) in [7, 11) is 0. The lowest BCUT2D eigenvalue weighted by atomic mass is 9.80. The first kappa shape index (κ1) is 22.5. The first-order valence-electron chi connectivity index (χ1n) is 11.2. The van der Waals surface area contributed by atoms with Crippen LogP contribution in [-0.2, 0) is 0 Å². The molecular weight excluding hydrogens is 511 g/mol. The summed E-state index contributed by atoms with van der Waals surface area (Å²) in [6.07, 6.45) is 6.75. The van der Waals surface area contributed by atoms with E-state index in [0.717, 1.165) is 42.1 Å². The van der Waals surface area contributed by atoms with Gasteiger partial charge in [0, 0.05) is 39.3 Å². The molecule has 1 aliphatic heterocycles. The highest BCUT2D eigenvalue weighted by Crippen LogP contribution is 2.45. The molecule has 5 rings (SSSR count). The fraction of sp³-hybridized carbons (Fsp3) is 0.500. The molecule has 1 saturated heterocycles. The molecule has 3 aromatic rings. The highest BCUT2D eigenvalue weighted by Gasteiger charge is 2.34. The molecule has 2 aromatic heterocycles. The van der Waals surface area contributed by atoms with Gasteiger partial charge in [-0.05, 0) is 91.3 Å². The van der Waals surface area contributed by atoms with Gasteiger partial charge in [0.1, 0.15) is 5.75 Å². The number of pyridine rings is 1. The molecule has 8 heteroatoms. The molecule has 0 amide bonds. The summed E-state index contributed by atoms with van der Waals surface area (Å²) in [6.45, 7) is 7.33. The summed E-state index contributed by atoms with van der Waals surface area (Å²) in [6, 6.07) is 8.15. The van der Waals surface area contributed by atoms with Gasteiger partial charge in [-0.1, -0.05) is 30.1 Å². The fourth-order valence-corrected chi connectivity index (χ4v) is 5.51. The molecule has 0 bridgehead atoms. The standard InChI is InChI=1S/C24H27BrCl2N4O/c1-15(17-9-18(26)11-19(27)10-17)30-7-5-24(2,6-8-30)14-32-21-12-22-28-29-23(25)31(22)13-20(21)16-3-4-16/h9-13,15-16H,3-8,14H2,1-2H3. The molecule has 5 nitrogen and oxygen atoms in total. The van der Waals surface area contributed by atoms with E-state index >= 15 is 0 Å². The summed E-state index contributed by atoms with van der Waals surface area (Å²) in [5.74, 6) is 1.55. The number of rotatable bonds is 6. The Kier molecular flexibility index (Phi) is 6.16. The fourth-order valence-electron chi connectivity index (χ4n) is 4.61. The van der Waals surface area contributed by atoms with Crippen LogP contribution in [0.1, 0.15) is 62.6 Å². The van der Waals surface area contributed by atoms with E-state index in [2.05, 4.69) is 51.1 Å². The molecule has 170 valence electrons. The van der Waals surface area contributed by atoms with E-state index in [0.29, 0.717) is 22.6 Å². The van der Waals surface area contributed by atoms with Crippen LogP contribution in [0.3, 0.4) is 0 Å². The van der Waals surface area contributed by atoms with Crippen molar-refractivity contribution in [1.29, 1.82) is 0 Å². The van der Waals surface area contributed by atoms with E-state index < -0.39 is 0 Å². The van der Waals surface area contributed by atoms with Gasteiger partial charge in [-0.2, -0.15) is 0 Å². The third kappa shape index (κ3) is 4.65. The van der Waals surface area contributed by atoms with Crippen molar-refractivity contribution in [2.24, 2.45) is 5.41 Å². The zero-order valence-electron chi connectivity index (χ0n) is 18.3. The number of hydrogen-bond donors (Lipinski definition) is 0. The molecule has 1 aliphatic carbocycles. The van der Waals surface area contributed by atoms with Gasteiger partial charge < -0.3 is 4.74 Å². The number of fused-ring (bicyclic) bond motifs is 1. The van der Waals surface area contributed by atoms with Crippen molar-refractivity contribution in [3.63, 3.8) is 0 Å². The van der Waals surface area contributed by atoms with Gasteiger partial charge in [-0.3, -0.25) is 9.30 Å². The Morgan fingerprint density at radius 1 is 1.12 bits per heavy atom. The average molecular weight is 538 g/mol. The quantitative estimate of drug-likeness (QED) is 0.342. The molecule has 0 N–H and O–H groups in total. The van der Waals surface area contributed by atoms with Gasteiger partial charge in [0.05, 0.1) is 6.61 Å². The van der Waals surface area contributed by atoms with E-state index in [4.69, 9.17) is 27.9 Å². The Balaban J connectivity index is 1.25. The highest BCUT2D eigenvalue weighted by molar-refractivity contribution is 9.10. The van der Waals surface area contributed by atoms with Crippen molar-refractivity contribution in [1.82, 2.24) is 19.5 Å². The Bertz CT molecular complexity index is 1120. The van der Waals surface area contributed by atoms with Gasteiger partial charge in [-0.15, -0.1) is 10.2 Å². The van der Waals surface area contributed by atoms with Gasteiger partial charge in [0.25, 0.3) is 0 Å². The number of likely N-dealkylation sites (tertiary alicyclic amines) is 1. The SMILES string of the molecule is CC(c1cc(Cl)cc(Cl)c1)N1CCC(C)(COc2cc3nnc(Br)n3cc2C2CC2)CC1. The summed E-state index contributed by atoms with van der Waals surface area (Å²) < 4.78 is 9.18. The second-order valence-corrected chi connectivity index (χ2v) is 11.2. The molecular formula is C24H27BrCl2N4O. The second kappa shape index (κ2) is 8.79. The second-order valence-electron chi connectivity index (χ2n) is 9.58. The van der Waals surface area contributed by atoms with Crippen molar-refractivity contribution in [2.45, 2.75) is 51.5 Å². The Hall–Kier alpha value is -1.34. The third-order valence-corrected chi connectivity index (χ3v) is 7.98. The monoisotopic (exact) mass is 536 g/mol. The minimum absolute atomic E-state index is 0.142. The summed E-state index contributed by atoms with van der Waals surface area (Å²) in [5.41, 5.74) is 3.39. The molecule has 1 unspecified atom stereocenters. The predicted octanol–water partition coefficient (Wildman–Crippen LogP) is 6.92. The van der Waals surface area contributed by atoms with Crippen LogP contribution in [0.25, 0.3) is 5.65 Å². The lowest BCUT2D eigenvalue weighted by Crippen LogP contribution is -2.42. The Morgan fingerprint density at radius 3 is 2.47 bits per heavy atom. The van der Waals surface area contributed by atoms with E-state index in [1.807, 2.05) is 22.6 Å². The zero-order valence-corrected chi connectivity index (χ0v) is 21.4. The molecule has 32 heavy (non-hydrogen) atoms. The van der Waals surface area contributed by atoms with Crippen molar-refractivity contribution >= 4 is 44.8 Å². The highest BCUT2D eigenvalue weighted by atomic mass is 79.9. The zero-order chi connectivity index (χ0) is 22.5. The van der Waals surface area contributed by atoms with Crippen molar-refractivity contribution < 1.29 is 4.74 Å². The normalized spacial score (nSPS) is 19.9. The molecule has 1 atom stereocenters. The Morgan fingerprint density at radius 2 is 1.81 bits per heavy atom. The number of piperidine rings is 1. The van der Waals surface area contributed by atoms with Gasteiger partial charge in [0.2, 0.25) is 4.73 Å². The maximum atomic E-state index is 6.46. The number of hydrogen-bond acceptors (Lipinski definition) is 4. The Labute approximate surface area is 207 Å². The number of benzene rings is 1. The minimum Gasteiger partial charge on any atom is -0.493 e. The van der Waals surface area contributed by atoms with Crippen LogP contribution in [0.5, 0.6) is 5.75 Å². The van der Waals surface area contributed by atoms with E-state index in [-0.39, 0.29) is 11.5 Å². The third-order valence-electron chi connectivity index (χ3n) is 7.01. The first-order chi connectivity index (χ1) is 15.3. The van der Waals surface area contributed by atoms with Gasteiger partial charge >= 0.3 is 0 Å². The van der Waals surface area contributed by atoms with Gasteiger partial charge in [-0.25, -0.2) is 0 Å². The van der Waals surface area contributed by atoms with Crippen LogP contribution in [0.4, 0.5) is 0 Å². The summed E-state index contributed by atoms with van der Waals surface area (Å²) in [5, 5.41) is 9.76. The van der Waals surface area contributed by atoms with Crippen LogP contribution in [0, 0.1) is 5.41 Å². The lowest BCUT2D eigenvalue weighted by molar-refractivity contribution is 0.0511.